The maximum absolute atomic E-state index is 13.2. The molecule has 1 saturated carbocycles. The van der Waals surface area contributed by atoms with Crippen LogP contribution >= 0.6 is 0 Å². The van der Waals surface area contributed by atoms with Gasteiger partial charge in [0.15, 0.2) is 9.84 Å². The van der Waals surface area contributed by atoms with Gasteiger partial charge in [0.1, 0.15) is 5.75 Å². The molecule has 1 aromatic rings. The van der Waals surface area contributed by atoms with E-state index in [-0.39, 0.29) is 29.4 Å². The molecule has 1 aromatic carbocycles. The van der Waals surface area contributed by atoms with Crippen LogP contribution in [0.25, 0.3) is 0 Å². The van der Waals surface area contributed by atoms with Crippen LogP contribution < -0.4 is 9.64 Å². The highest BCUT2D eigenvalue weighted by atomic mass is 32.2. The van der Waals surface area contributed by atoms with Crippen LogP contribution in [0.2, 0.25) is 0 Å². The van der Waals surface area contributed by atoms with Crippen molar-refractivity contribution in [1.82, 2.24) is 0 Å². The normalized spacial score (nSPS) is 23.8. The number of carbonyl (C=O) groups is 1. The van der Waals surface area contributed by atoms with Gasteiger partial charge in [-0.1, -0.05) is 25.3 Å². The second kappa shape index (κ2) is 7.13. The Morgan fingerprint density at radius 1 is 1.17 bits per heavy atom. The van der Waals surface area contributed by atoms with Gasteiger partial charge in [-0.2, -0.15) is 0 Å². The van der Waals surface area contributed by atoms with Crippen LogP contribution in [-0.2, 0) is 14.6 Å². The van der Waals surface area contributed by atoms with Gasteiger partial charge in [0.05, 0.1) is 24.7 Å². The number of hydrogen-bond donors (Lipinski definition) is 0. The molecular formula is C18H25NO4S. The van der Waals surface area contributed by atoms with Crippen LogP contribution in [0.4, 0.5) is 5.69 Å². The van der Waals surface area contributed by atoms with Crippen molar-refractivity contribution in [3.8, 4) is 5.75 Å². The molecule has 24 heavy (non-hydrogen) atoms. The molecule has 1 heterocycles. The molecular weight excluding hydrogens is 326 g/mol. The van der Waals surface area contributed by atoms with Crippen molar-refractivity contribution in [2.75, 3.05) is 23.5 Å². The minimum Gasteiger partial charge on any atom is -0.497 e. The van der Waals surface area contributed by atoms with Gasteiger partial charge in [0, 0.05) is 17.7 Å². The number of benzene rings is 1. The third kappa shape index (κ3) is 3.74. The van der Waals surface area contributed by atoms with Crippen molar-refractivity contribution in [3.63, 3.8) is 0 Å². The lowest BCUT2D eigenvalue weighted by Gasteiger charge is -2.33. The molecule has 1 saturated heterocycles. The SMILES string of the molecule is COc1cccc(N(C(=O)C2CCCCC2)C2CCS(=O)(=O)C2)c1. The fraction of sp³-hybridized carbons (Fsp3) is 0.611. The van der Waals surface area contributed by atoms with Crippen LogP contribution in [0.1, 0.15) is 38.5 Å². The Morgan fingerprint density at radius 3 is 2.54 bits per heavy atom. The smallest absolute Gasteiger partial charge is 0.230 e. The second-order valence-electron chi connectivity index (χ2n) is 6.80. The molecule has 132 valence electrons. The zero-order valence-electron chi connectivity index (χ0n) is 14.1. The average molecular weight is 351 g/mol. The lowest BCUT2D eigenvalue weighted by atomic mass is 9.87. The predicted molar refractivity (Wildman–Crippen MR) is 94.1 cm³/mol. The monoisotopic (exact) mass is 351 g/mol. The van der Waals surface area contributed by atoms with Gasteiger partial charge in [0.2, 0.25) is 5.91 Å². The van der Waals surface area contributed by atoms with Crippen LogP contribution in [0, 0.1) is 5.92 Å². The lowest BCUT2D eigenvalue weighted by Crippen LogP contribution is -2.45. The summed E-state index contributed by atoms with van der Waals surface area (Å²) < 4.78 is 29.1. The van der Waals surface area contributed by atoms with Gasteiger partial charge in [-0.25, -0.2) is 8.42 Å². The third-order valence-corrected chi connectivity index (χ3v) is 6.85. The van der Waals surface area contributed by atoms with Crippen molar-refractivity contribution in [2.45, 2.75) is 44.6 Å². The van der Waals surface area contributed by atoms with E-state index in [1.807, 2.05) is 24.3 Å². The fourth-order valence-electron chi connectivity index (χ4n) is 3.80. The Bertz CT molecular complexity index is 695. The fourth-order valence-corrected chi connectivity index (χ4v) is 5.50. The average Bonchev–Trinajstić information content (AvgIpc) is 2.95. The number of carbonyl (C=O) groups excluding carboxylic acids is 1. The molecule has 1 aliphatic carbocycles. The molecule has 1 aliphatic heterocycles. The summed E-state index contributed by atoms with van der Waals surface area (Å²) in [5.74, 6) is 0.978. The molecule has 3 rings (SSSR count). The molecule has 1 unspecified atom stereocenters. The number of hydrogen-bond acceptors (Lipinski definition) is 4. The summed E-state index contributed by atoms with van der Waals surface area (Å²) in [6.45, 7) is 0. The first-order valence-electron chi connectivity index (χ1n) is 8.68. The van der Waals surface area contributed by atoms with E-state index in [9.17, 15) is 13.2 Å². The summed E-state index contributed by atoms with van der Waals surface area (Å²) in [5, 5.41) is 0. The number of rotatable bonds is 4. The van der Waals surface area contributed by atoms with Crippen molar-refractivity contribution in [3.05, 3.63) is 24.3 Å². The zero-order valence-corrected chi connectivity index (χ0v) is 14.9. The van der Waals surface area contributed by atoms with E-state index in [0.717, 1.165) is 31.4 Å². The number of anilines is 1. The quantitative estimate of drug-likeness (QED) is 0.837. The Kier molecular flexibility index (Phi) is 5.13. The van der Waals surface area contributed by atoms with E-state index < -0.39 is 9.84 Å². The summed E-state index contributed by atoms with van der Waals surface area (Å²) in [6.07, 6.45) is 5.65. The minimum absolute atomic E-state index is 0.00764. The minimum atomic E-state index is -3.05. The maximum Gasteiger partial charge on any atom is 0.230 e. The Balaban J connectivity index is 1.92. The van der Waals surface area contributed by atoms with Gasteiger partial charge in [-0.3, -0.25) is 4.79 Å². The van der Waals surface area contributed by atoms with Crippen molar-refractivity contribution >= 4 is 21.4 Å². The molecule has 0 bridgehead atoms. The van der Waals surface area contributed by atoms with Crippen LogP contribution in [0.3, 0.4) is 0 Å². The first-order chi connectivity index (χ1) is 11.5. The molecule has 2 aliphatic rings. The Hall–Kier alpha value is -1.56. The molecule has 6 heteroatoms. The van der Waals surface area contributed by atoms with Gasteiger partial charge in [-0.15, -0.1) is 0 Å². The summed E-state index contributed by atoms with van der Waals surface area (Å²) in [4.78, 5) is 14.9. The summed E-state index contributed by atoms with van der Waals surface area (Å²) >= 11 is 0. The highest BCUT2D eigenvalue weighted by Gasteiger charge is 2.38. The molecule has 0 N–H and O–H groups in total. The van der Waals surface area contributed by atoms with E-state index in [4.69, 9.17) is 4.74 Å². The van der Waals surface area contributed by atoms with Gasteiger partial charge < -0.3 is 9.64 Å². The van der Waals surface area contributed by atoms with Gasteiger partial charge in [-0.05, 0) is 31.4 Å². The maximum atomic E-state index is 13.2. The summed E-state index contributed by atoms with van der Waals surface area (Å²) in [5.41, 5.74) is 0.743. The molecule has 0 spiro atoms. The third-order valence-electron chi connectivity index (χ3n) is 5.10. The standard InChI is InChI=1S/C18H25NO4S/c1-23-17-9-5-8-15(12-17)19(16-10-11-24(21,22)13-16)18(20)14-6-3-2-4-7-14/h5,8-9,12,14,16H,2-4,6-7,10-11,13H2,1H3. The van der Waals surface area contributed by atoms with E-state index in [2.05, 4.69) is 0 Å². The second-order valence-corrected chi connectivity index (χ2v) is 9.03. The Labute approximate surface area is 143 Å². The number of ether oxygens (including phenoxy) is 1. The number of amides is 1. The van der Waals surface area contributed by atoms with E-state index >= 15 is 0 Å². The molecule has 1 amide bonds. The van der Waals surface area contributed by atoms with Crippen LogP contribution in [0.15, 0.2) is 24.3 Å². The molecule has 0 radical (unpaired) electrons. The van der Waals surface area contributed by atoms with Crippen LogP contribution in [-0.4, -0.2) is 39.0 Å². The summed E-state index contributed by atoms with van der Waals surface area (Å²) in [7, 11) is -1.46. The lowest BCUT2D eigenvalue weighted by molar-refractivity contribution is -0.123. The highest BCUT2D eigenvalue weighted by molar-refractivity contribution is 7.91. The van der Waals surface area contributed by atoms with Crippen molar-refractivity contribution in [1.29, 1.82) is 0 Å². The van der Waals surface area contributed by atoms with E-state index in [1.165, 1.54) is 6.42 Å². The number of nitrogens with zero attached hydrogens (tertiary/aromatic N) is 1. The molecule has 1 atom stereocenters. The van der Waals surface area contributed by atoms with Gasteiger partial charge in [0.25, 0.3) is 0 Å². The number of methoxy groups -OCH3 is 1. The first-order valence-corrected chi connectivity index (χ1v) is 10.5. The number of sulfone groups is 1. The predicted octanol–water partition coefficient (Wildman–Crippen LogP) is 2.80. The van der Waals surface area contributed by atoms with Crippen molar-refractivity contribution < 1.29 is 17.9 Å². The largest absolute Gasteiger partial charge is 0.497 e. The summed E-state index contributed by atoms with van der Waals surface area (Å²) in [6, 6.07) is 7.10. The van der Waals surface area contributed by atoms with E-state index in [0.29, 0.717) is 12.2 Å². The highest BCUT2D eigenvalue weighted by Crippen LogP contribution is 2.32. The molecule has 2 fully saturated rings. The van der Waals surface area contributed by atoms with Crippen molar-refractivity contribution in [2.24, 2.45) is 5.92 Å². The molecule has 5 nitrogen and oxygen atoms in total. The molecule has 0 aromatic heterocycles. The van der Waals surface area contributed by atoms with E-state index in [1.54, 1.807) is 12.0 Å². The Morgan fingerprint density at radius 2 is 1.92 bits per heavy atom. The topological polar surface area (TPSA) is 63.7 Å². The van der Waals surface area contributed by atoms with Gasteiger partial charge >= 0.3 is 0 Å². The van der Waals surface area contributed by atoms with Crippen LogP contribution in [0.5, 0.6) is 5.75 Å². The zero-order chi connectivity index (χ0) is 17.2. The first kappa shape index (κ1) is 17.3.